The fourth-order valence-electron chi connectivity index (χ4n) is 3.11. The van der Waals surface area contributed by atoms with Gasteiger partial charge in [-0.3, -0.25) is 9.59 Å². The minimum Gasteiger partial charge on any atom is -0.312 e. The van der Waals surface area contributed by atoms with Crippen LogP contribution in [0, 0.1) is 12.8 Å². The van der Waals surface area contributed by atoms with Crippen molar-refractivity contribution in [3.05, 3.63) is 34.8 Å². The Morgan fingerprint density at radius 1 is 1.35 bits per heavy atom. The quantitative estimate of drug-likeness (QED) is 0.838. The SMILES string of the molecule is CCCC(C)c1nnc(NC(=O)C2CC(=O)N(c3ccc(C)cc3)C2)s1. The van der Waals surface area contributed by atoms with E-state index in [1.165, 1.54) is 11.3 Å². The van der Waals surface area contributed by atoms with Crippen LogP contribution in [0.1, 0.15) is 49.6 Å². The van der Waals surface area contributed by atoms with E-state index in [1.54, 1.807) is 4.90 Å². The summed E-state index contributed by atoms with van der Waals surface area (Å²) < 4.78 is 0. The van der Waals surface area contributed by atoms with Gasteiger partial charge >= 0.3 is 0 Å². The van der Waals surface area contributed by atoms with Crippen LogP contribution in [0.25, 0.3) is 0 Å². The van der Waals surface area contributed by atoms with Crippen molar-refractivity contribution in [2.24, 2.45) is 5.92 Å². The molecule has 0 spiro atoms. The average molecular weight is 372 g/mol. The van der Waals surface area contributed by atoms with E-state index in [0.717, 1.165) is 29.1 Å². The molecule has 1 aliphatic heterocycles. The lowest BCUT2D eigenvalue weighted by Gasteiger charge is -2.16. The van der Waals surface area contributed by atoms with Crippen molar-refractivity contribution in [1.82, 2.24) is 10.2 Å². The maximum atomic E-state index is 12.5. The van der Waals surface area contributed by atoms with Crippen molar-refractivity contribution in [2.45, 2.75) is 46.0 Å². The molecule has 1 N–H and O–H groups in total. The molecule has 2 aromatic rings. The first-order valence-corrected chi connectivity index (χ1v) is 9.81. The predicted octanol–water partition coefficient (Wildman–Crippen LogP) is 3.74. The van der Waals surface area contributed by atoms with Gasteiger partial charge in [-0.25, -0.2) is 0 Å². The Morgan fingerprint density at radius 2 is 2.08 bits per heavy atom. The lowest BCUT2D eigenvalue weighted by molar-refractivity contribution is -0.122. The highest BCUT2D eigenvalue weighted by atomic mass is 32.1. The third-order valence-electron chi connectivity index (χ3n) is 4.66. The highest BCUT2D eigenvalue weighted by Gasteiger charge is 2.35. The second kappa shape index (κ2) is 7.95. The fraction of sp³-hybridized carbons (Fsp3) is 0.474. The molecule has 1 saturated heterocycles. The van der Waals surface area contributed by atoms with Gasteiger partial charge in [0.05, 0.1) is 5.92 Å². The molecule has 2 amide bonds. The molecule has 2 unspecified atom stereocenters. The first-order chi connectivity index (χ1) is 12.5. The topological polar surface area (TPSA) is 75.2 Å². The summed E-state index contributed by atoms with van der Waals surface area (Å²) in [5.41, 5.74) is 1.97. The standard InChI is InChI=1S/C19H24N4O2S/c1-4-5-13(3)18-21-22-19(26-18)20-17(25)14-10-16(24)23(11-14)15-8-6-12(2)7-9-15/h6-9,13-14H,4-5,10-11H2,1-3H3,(H,20,22,25). The van der Waals surface area contributed by atoms with Crippen LogP contribution in [0.5, 0.6) is 0 Å². The Hall–Kier alpha value is -2.28. The summed E-state index contributed by atoms with van der Waals surface area (Å²) in [5.74, 6) is -0.222. The fourth-order valence-corrected chi connectivity index (χ4v) is 3.94. The number of hydrogen-bond acceptors (Lipinski definition) is 5. The number of aryl methyl sites for hydroxylation is 1. The number of hydrogen-bond donors (Lipinski definition) is 1. The normalized spacial score (nSPS) is 18.2. The summed E-state index contributed by atoms with van der Waals surface area (Å²) in [6, 6.07) is 7.77. The molecule has 0 radical (unpaired) electrons. The van der Waals surface area contributed by atoms with Crippen molar-refractivity contribution < 1.29 is 9.59 Å². The smallest absolute Gasteiger partial charge is 0.231 e. The summed E-state index contributed by atoms with van der Waals surface area (Å²) in [7, 11) is 0. The number of carbonyl (C=O) groups excluding carboxylic acids is 2. The summed E-state index contributed by atoms with van der Waals surface area (Å²) in [5, 5.41) is 12.5. The highest BCUT2D eigenvalue weighted by molar-refractivity contribution is 7.15. The number of aromatic nitrogens is 2. The zero-order valence-corrected chi connectivity index (χ0v) is 16.2. The molecule has 0 aliphatic carbocycles. The van der Waals surface area contributed by atoms with E-state index in [-0.39, 0.29) is 24.2 Å². The molecule has 0 saturated carbocycles. The number of amides is 2. The average Bonchev–Trinajstić information content (AvgIpc) is 3.23. The molecule has 6 nitrogen and oxygen atoms in total. The maximum Gasteiger partial charge on any atom is 0.231 e. The van der Waals surface area contributed by atoms with Gasteiger partial charge in [0.2, 0.25) is 16.9 Å². The molecule has 1 aromatic heterocycles. The van der Waals surface area contributed by atoms with Gasteiger partial charge in [-0.2, -0.15) is 0 Å². The van der Waals surface area contributed by atoms with Crippen LogP contribution in [0.4, 0.5) is 10.8 Å². The number of nitrogens with one attached hydrogen (secondary N) is 1. The Balaban J connectivity index is 1.62. The molecule has 26 heavy (non-hydrogen) atoms. The molecule has 2 heterocycles. The lowest BCUT2D eigenvalue weighted by Crippen LogP contribution is -2.28. The van der Waals surface area contributed by atoms with Gasteiger partial charge in [-0.1, -0.05) is 49.3 Å². The van der Waals surface area contributed by atoms with E-state index in [0.29, 0.717) is 17.6 Å². The molecule has 1 aromatic carbocycles. The molecular weight excluding hydrogens is 348 g/mol. The number of anilines is 2. The van der Waals surface area contributed by atoms with Gasteiger partial charge in [-0.05, 0) is 25.5 Å². The summed E-state index contributed by atoms with van der Waals surface area (Å²) in [6.07, 6.45) is 2.35. The van der Waals surface area contributed by atoms with Crippen molar-refractivity contribution in [3.63, 3.8) is 0 Å². The van der Waals surface area contributed by atoms with Crippen molar-refractivity contribution >= 4 is 34.0 Å². The Morgan fingerprint density at radius 3 is 2.77 bits per heavy atom. The van der Waals surface area contributed by atoms with Crippen molar-refractivity contribution in [3.8, 4) is 0 Å². The van der Waals surface area contributed by atoms with E-state index in [9.17, 15) is 9.59 Å². The summed E-state index contributed by atoms with van der Waals surface area (Å²) in [6.45, 7) is 6.65. The number of nitrogens with zero attached hydrogens (tertiary/aromatic N) is 3. The third-order valence-corrected chi connectivity index (χ3v) is 5.73. The molecule has 0 bridgehead atoms. The number of benzene rings is 1. The summed E-state index contributed by atoms with van der Waals surface area (Å²) >= 11 is 1.41. The van der Waals surface area contributed by atoms with E-state index in [1.807, 2.05) is 31.2 Å². The van der Waals surface area contributed by atoms with Crippen LogP contribution in [0.15, 0.2) is 24.3 Å². The van der Waals surface area contributed by atoms with Crippen LogP contribution >= 0.6 is 11.3 Å². The first-order valence-electron chi connectivity index (χ1n) is 8.99. The minimum atomic E-state index is -0.371. The van der Waals surface area contributed by atoms with Gasteiger partial charge in [0.1, 0.15) is 5.01 Å². The van der Waals surface area contributed by atoms with Gasteiger partial charge < -0.3 is 10.2 Å². The largest absolute Gasteiger partial charge is 0.312 e. The summed E-state index contributed by atoms with van der Waals surface area (Å²) in [4.78, 5) is 26.5. The predicted molar refractivity (Wildman–Crippen MR) is 104 cm³/mol. The molecule has 2 atom stereocenters. The molecular formula is C19H24N4O2S. The Kier molecular flexibility index (Phi) is 5.66. The first kappa shape index (κ1) is 18.5. The van der Waals surface area contributed by atoms with Gasteiger partial charge in [0, 0.05) is 24.6 Å². The van der Waals surface area contributed by atoms with Crippen LogP contribution in [0.3, 0.4) is 0 Å². The lowest BCUT2D eigenvalue weighted by atomic mass is 10.1. The molecule has 1 fully saturated rings. The van der Waals surface area contributed by atoms with Crippen LogP contribution < -0.4 is 10.2 Å². The molecule has 3 rings (SSSR count). The van der Waals surface area contributed by atoms with Crippen LogP contribution in [0.2, 0.25) is 0 Å². The Bertz CT molecular complexity index is 787. The maximum absolute atomic E-state index is 12.5. The van der Waals surface area contributed by atoms with E-state index in [2.05, 4.69) is 29.4 Å². The Labute approximate surface area is 157 Å². The molecule has 7 heteroatoms. The van der Waals surface area contributed by atoms with E-state index < -0.39 is 0 Å². The van der Waals surface area contributed by atoms with E-state index in [4.69, 9.17) is 0 Å². The van der Waals surface area contributed by atoms with Crippen LogP contribution in [-0.4, -0.2) is 28.6 Å². The van der Waals surface area contributed by atoms with Crippen LogP contribution in [-0.2, 0) is 9.59 Å². The number of carbonyl (C=O) groups is 2. The highest BCUT2D eigenvalue weighted by Crippen LogP contribution is 2.29. The van der Waals surface area contributed by atoms with Gasteiger partial charge in [-0.15, -0.1) is 10.2 Å². The van der Waals surface area contributed by atoms with Gasteiger partial charge in [0.15, 0.2) is 0 Å². The third kappa shape index (κ3) is 4.09. The second-order valence-corrected chi connectivity index (χ2v) is 7.87. The minimum absolute atomic E-state index is 0.0245. The monoisotopic (exact) mass is 372 g/mol. The molecule has 1 aliphatic rings. The van der Waals surface area contributed by atoms with Crippen molar-refractivity contribution in [1.29, 1.82) is 0 Å². The second-order valence-electron chi connectivity index (χ2n) is 6.87. The van der Waals surface area contributed by atoms with Gasteiger partial charge in [0.25, 0.3) is 0 Å². The zero-order chi connectivity index (χ0) is 18.7. The zero-order valence-electron chi connectivity index (χ0n) is 15.4. The van der Waals surface area contributed by atoms with Crippen molar-refractivity contribution in [2.75, 3.05) is 16.8 Å². The molecule has 138 valence electrons. The van der Waals surface area contributed by atoms with E-state index >= 15 is 0 Å². The number of rotatable bonds is 6.